The normalized spacial score (nSPS) is 10.5. The largest absolute Gasteiger partial charge is 0.496 e. The Balaban J connectivity index is 2.37. The van der Waals surface area contributed by atoms with E-state index in [0.29, 0.717) is 13.1 Å². The third kappa shape index (κ3) is 5.75. The molecule has 0 aliphatic rings. The second-order valence-electron chi connectivity index (χ2n) is 4.68. The quantitative estimate of drug-likeness (QED) is 0.781. The fourth-order valence-corrected chi connectivity index (χ4v) is 1.85. The highest BCUT2D eigenvalue weighted by Gasteiger charge is 2.07. The first-order valence-electron chi connectivity index (χ1n) is 6.74. The van der Waals surface area contributed by atoms with Crippen LogP contribution in [0.3, 0.4) is 0 Å². The Hall–Kier alpha value is -1.55. The van der Waals surface area contributed by atoms with Crippen molar-refractivity contribution in [3.63, 3.8) is 0 Å². The summed E-state index contributed by atoms with van der Waals surface area (Å²) in [5.74, 6) is 0.853. The van der Waals surface area contributed by atoms with Gasteiger partial charge >= 0.3 is 0 Å². The molecule has 0 saturated heterocycles. The third-order valence-electron chi connectivity index (χ3n) is 2.98. The molecular weight excluding hydrogens is 240 g/mol. The molecular formula is C15H24N2O2. The number of amides is 1. The van der Waals surface area contributed by atoms with E-state index in [1.165, 1.54) is 0 Å². The molecule has 1 rings (SSSR count). The lowest BCUT2D eigenvalue weighted by atomic mass is 10.2. The van der Waals surface area contributed by atoms with Gasteiger partial charge in [-0.15, -0.1) is 0 Å². The zero-order valence-electron chi connectivity index (χ0n) is 12.1. The zero-order valence-corrected chi connectivity index (χ0v) is 12.1. The van der Waals surface area contributed by atoms with Crippen LogP contribution in [0.25, 0.3) is 0 Å². The molecule has 0 saturated carbocycles. The molecule has 1 N–H and O–H groups in total. The van der Waals surface area contributed by atoms with Crippen molar-refractivity contribution in [2.24, 2.45) is 0 Å². The van der Waals surface area contributed by atoms with Crippen molar-refractivity contribution in [2.75, 3.05) is 27.2 Å². The predicted molar refractivity (Wildman–Crippen MR) is 77.2 cm³/mol. The summed E-state index contributed by atoms with van der Waals surface area (Å²) in [6.45, 7) is 4.05. The number of unbranched alkanes of at least 4 members (excludes halogenated alkanes) is 1. The highest BCUT2D eigenvalue weighted by atomic mass is 16.5. The monoisotopic (exact) mass is 264 g/mol. The van der Waals surface area contributed by atoms with E-state index in [1.807, 2.05) is 36.2 Å². The van der Waals surface area contributed by atoms with E-state index < -0.39 is 0 Å². The Labute approximate surface area is 115 Å². The van der Waals surface area contributed by atoms with Gasteiger partial charge in [0.2, 0.25) is 5.91 Å². The van der Waals surface area contributed by atoms with Crippen molar-refractivity contribution in [2.45, 2.75) is 26.3 Å². The van der Waals surface area contributed by atoms with Gasteiger partial charge in [0.1, 0.15) is 5.75 Å². The third-order valence-corrected chi connectivity index (χ3v) is 2.98. The van der Waals surface area contributed by atoms with E-state index in [0.717, 1.165) is 30.7 Å². The number of carbonyl (C=O) groups excluding carboxylic acids is 1. The van der Waals surface area contributed by atoms with Crippen LogP contribution < -0.4 is 10.1 Å². The van der Waals surface area contributed by atoms with E-state index in [-0.39, 0.29) is 5.91 Å². The van der Waals surface area contributed by atoms with Gasteiger partial charge in [-0.3, -0.25) is 9.69 Å². The van der Waals surface area contributed by atoms with Gasteiger partial charge in [-0.1, -0.05) is 31.5 Å². The van der Waals surface area contributed by atoms with Gasteiger partial charge in [-0.2, -0.15) is 0 Å². The Kier molecular flexibility index (Phi) is 6.97. The fourth-order valence-electron chi connectivity index (χ4n) is 1.85. The fraction of sp³-hybridized carbons (Fsp3) is 0.533. The number of hydrogen-bond donors (Lipinski definition) is 1. The summed E-state index contributed by atoms with van der Waals surface area (Å²) >= 11 is 0. The van der Waals surface area contributed by atoms with Crippen LogP contribution in [-0.2, 0) is 11.3 Å². The van der Waals surface area contributed by atoms with E-state index in [2.05, 4.69) is 12.2 Å². The zero-order chi connectivity index (χ0) is 14.1. The second-order valence-corrected chi connectivity index (χ2v) is 4.68. The number of para-hydroxylation sites is 1. The minimum atomic E-state index is 0.0458. The molecule has 106 valence electrons. The molecule has 4 nitrogen and oxygen atoms in total. The van der Waals surface area contributed by atoms with Crippen molar-refractivity contribution in [3.05, 3.63) is 29.8 Å². The van der Waals surface area contributed by atoms with Crippen molar-refractivity contribution in [3.8, 4) is 5.75 Å². The van der Waals surface area contributed by atoms with Gasteiger partial charge in [0, 0.05) is 12.1 Å². The molecule has 0 aliphatic heterocycles. The Morgan fingerprint density at radius 3 is 2.79 bits per heavy atom. The predicted octanol–water partition coefficient (Wildman–Crippen LogP) is 2.04. The van der Waals surface area contributed by atoms with Crippen LogP contribution >= 0.6 is 0 Å². The molecule has 4 heteroatoms. The second kappa shape index (κ2) is 8.53. The topological polar surface area (TPSA) is 41.6 Å². The lowest BCUT2D eigenvalue weighted by Crippen LogP contribution is -2.35. The van der Waals surface area contributed by atoms with Crippen LogP contribution in [0, 0.1) is 0 Å². The number of likely N-dealkylation sites (N-methyl/N-ethyl adjacent to an activating group) is 1. The van der Waals surface area contributed by atoms with E-state index in [1.54, 1.807) is 7.11 Å². The van der Waals surface area contributed by atoms with Gasteiger partial charge in [0.05, 0.1) is 13.7 Å². The van der Waals surface area contributed by atoms with Crippen LogP contribution in [-0.4, -0.2) is 38.1 Å². The van der Waals surface area contributed by atoms with Crippen molar-refractivity contribution in [1.29, 1.82) is 0 Å². The summed E-state index contributed by atoms with van der Waals surface area (Å²) in [4.78, 5) is 13.8. The lowest BCUT2D eigenvalue weighted by molar-refractivity contribution is -0.122. The summed E-state index contributed by atoms with van der Waals surface area (Å²) in [5.41, 5.74) is 0.995. The molecule has 0 bridgehead atoms. The highest BCUT2D eigenvalue weighted by molar-refractivity contribution is 5.78. The maximum absolute atomic E-state index is 11.8. The number of ether oxygens (including phenoxy) is 1. The van der Waals surface area contributed by atoms with E-state index in [9.17, 15) is 4.79 Å². The van der Waals surface area contributed by atoms with Gasteiger partial charge in [-0.25, -0.2) is 0 Å². The standard InChI is InChI=1S/C15H24N2O2/c1-4-5-10-17(2)12-15(18)16-11-13-8-6-7-9-14(13)19-3/h6-9H,4-5,10-12H2,1-3H3,(H,16,18). The maximum Gasteiger partial charge on any atom is 0.234 e. The molecule has 19 heavy (non-hydrogen) atoms. The smallest absolute Gasteiger partial charge is 0.234 e. The molecule has 0 unspecified atom stereocenters. The Bertz CT molecular complexity index is 393. The molecule has 0 aromatic heterocycles. The van der Waals surface area contributed by atoms with Gasteiger partial charge in [-0.05, 0) is 26.1 Å². The first kappa shape index (κ1) is 15.5. The lowest BCUT2D eigenvalue weighted by Gasteiger charge is -2.16. The average Bonchev–Trinajstić information content (AvgIpc) is 2.43. The van der Waals surface area contributed by atoms with Gasteiger partial charge in [0.25, 0.3) is 0 Å². The van der Waals surface area contributed by atoms with Crippen LogP contribution in [0.1, 0.15) is 25.3 Å². The minimum absolute atomic E-state index is 0.0458. The number of nitrogens with one attached hydrogen (secondary N) is 1. The SMILES string of the molecule is CCCCN(C)CC(=O)NCc1ccccc1OC. The highest BCUT2D eigenvalue weighted by Crippen LogP contribution is 2.16. The summed E-state index contributed by atoms with van der Waals surface area (Å²) in [6.07, 6.45) is 2.27. The van der Waals surface area contributed by atoms with Crippen LogP contribution in [0.4, 0.5) is 0 Å². The molecule has 0 spiro atoms. The van der Waals surface area contributed by atoms with E-state index >= 15 is 0 Å². The van der Waals surface area contributed by atoms with Gasteiger partial charge < -0.3 is 10.1 Å². The summed E-state index contributed by atoms with van der Waals surface area (Å²) < 4.78 is 5.25. The number of hydrogen-bond acceptors (Lipinski definition) is 3. The van der Waals surface area contributed by atoms with Gasteiger partial charge in [0.15, 0.2) is 0 Å². The number of carbonyl (C=O) groups is 1. The minimum Gasteiger partial charge on any atom is -0.496 e. The molecule has 0 fully saturated rings. The molecule has 0 heterocycles. The Morgan fingerprint density at radius 2 is 2.11 bits per heavy atom. The number of rotatable bonds is 8. The van der Waals surface area contributed by atoms with Crippen molar-refractivity contribution >= 4 is 5.91 Å². The molecule has 1 aromatic carbocycles. The summed E-state index contributed by atoms with van der Waals surface area (Å²) in [5, 5.41) is 2.92. The summed E-state index contributed by atoms with van der Waals surface area (Å²) in [6, 6.07) is 7.72. The Morgan fingerprint density at radius 1 is 1.37 bits per heavy atom. The van der Waals surface area contributed by atoms with Crippen molar-refractivity contribution < 1.29 is 9.53 Å². The average molecular weight is 264 g/mol. The van der Waals surface area contributed by atoms with Crippen LogP contribution in [0.2, 0.25) is 0 Å². The molecule has 0 aliphatic carbocycles. The summed E-state index contributed by atoms with van der Waals surface area (Å²) in [7, 11) is 3.61. The van der Waals surface area contributed by atoms with Crippen LogP contribution in [0.5, 0.6) is 5.75 Å². The number of benzene rings is 1. The number of methoxy groups -OCH3 is 1. The molecule has 0 radical (unpaired) electrons. The molecule has 1 aromatic rings. The first-order chi connectivity index (χ1) is 9.17. The molecule has 1 amide bonds. The maximum atomic E-state index is 11.8. The van der Waals surface area contributed by atoms with Crippen LogP contribution in [0.15, 0.2) is 24.3 Å². The first-order valence-corrected chi connectivity index (χ1v) is 6.74. The van der Waals surface area contributed by atoms with Crippen molar-refractivity contribution in [1.82, 2.24) is 10.2 Å². The van der Waals surface area contributed by atoms with E-state index in [4.69, 9.17) is 4.74 Å². The molecule has 0 atom stereocenters. The number of nitrogens with zero attached hydrogens (tertiary/aromatic N) is 1.